The SMILES string of the molecule is O=S(=O)(Nc1ccccn1)c1ccc(C#CCO)cc1Cl. The highest BCUT2D eigenvalue weighted by atomic mass is 35.5. The molecule has 2 aromatic rings. The third-order valence-electron chi connectivity index (χ3n) is 2.44. The Morgan fingerprint density at radius 3 is 2.71 bits per heavy atom. The van der Waals surface area contributed by atoms with E-state index in [1.165, 1.54) is 30.5 Å². The standard InChI is InChI=1S/C14H11ClN2O3S/c15-12-10-11(4-3-9-18)6-7-13(12)21(19,20)17-14-5-1-2-8-16-14/h1-2,5-8,10,18H,9H2,(H,16,17). The first-order valence-electron chi connectivity index (χ1n) is 5.86. The minimum Gasteiger partial charge on any atom is -0.384 e. The van der Waals surface area contributed by atoms with E-state index in [0.29, 0.717) is 5.56 Å². The first kappa shape index (κ1) is 15.3. The molecule has 1 heterocycles. The lowest BCUT2D eigenvalue weighted by molar-refractivity contribution is 0.350. The van der Waals surface area contributed by atoms with Crippen molar-refractivity contribution in [1.29, 1.82) is 0 Å². The average Bonchev–Trinajstić information content (AvgIpc) is 2.45. The molecule has 0 aliphatic rings. The fraction of sp³-hybridized carbons (Fsp3) is 0.0714. The number of sulfonamides is 1. The van der Waals surface area contributed by atoms with Crippen LogP contribution < -0.4 is 4.72 Å². The van der Waals surface area contributed by atoms with Crippen LogP contribution >= 0.6 is 11.6 Å². The highest BCUT2D eigenvalue weighted by molar-refractivity contribution is 7.92. The zero-order valence-corrected chi connectivity index (χ0v) is 12.3. The largest absolute Gasteiger partial charge is 0.384 e. The van der Waals surface area contributed by atoms with E-state index in [0.717, 1.165) is 0 Å². The number of aromatic nitrogens is 1. The lowest BCUT2D eigenvalue weighted by Crippen LogP contribution is -2.14. The molecule has 5 nitrogen and oxygen atoms in total. The van der Waals surface area contributed by atoms with Gasteiger partial charge in [-0.1, -0.05) is 29.5 Å². The molecule has 0 amide bonds. The number of halogens is 1. The lowest BCUT2D eigenvalue weighted by Gasteiger charge is -2.08. The molecule has 0 aliphatic heterocycles. The maximum Gasteiger partial charge on any atom is 0.264 e. The van der Waals surface area contributed by atoms with Crippen molar-refractivity contribution < 1.29 is 13.5 Å². The molecule has 2 rings (SSSR count). The second kappa shape index (κ2) is 6.59. The van der Waals surface area contributed by atoms with Crippen LogP contribution in [0.2, 0.25) is 5.02 Å². The summed E-state index contributed by atoms with van der Waals surface area (Å²) in [6, 6.07) is 9.18. The maximum atomic E-state index is 12.2. The van der Waals surface area contributed by atoms with Gasteiger partial charge in [0.05, 0.1) is 5.02 Å². The molecule has 21 heavy (non-hydrogen) atoms. The van der Waals surface area contributed by atoms with E-state index in [1.807, 2.05) is 0 Å². The monoisotopic (exact) mass is 322 g/mol. The second-order valence-corrected chi connectivity index (χ2v) is 5.98. The summed E-state index contributed by atoms with van der Waals surface area (Å²) < 4.78 is 26.8. The predicted octanol–water partition coefficient (Wildman–Crippen LogP) is 1.88. The van der Waals surface area contributed by atoms with Crippen molar-refractivity contribution in [3.05, 3.63) is 53.2 Å². The van der Waals surface area contributed by atoms with Gasteiger partial charge in [-0.2, -0.15) is 0 Å². The highest BCUT2D eigenvalue weighted by Crippen LogP contribution is 2.24. The molecule has 0 radical (unpaired) electrons. The lowest BCUT2D eigenvalue weighted by atomic mass is 10.2. The van der Waals surface area contributed by atoms with Gasteiger partial charge in [0.15, 0.2) is 0 Å². The van der Waals surface area contributed by atoms with Gasteiger partial charge >= 0.3 is 0 Å². The number of hydrogen-bond donors (Lipinski definition) is 2. The van der Waals surface area contributed by atoms with E-state index in [2.05, 4.69) is 21.5 Å². The number of aliphatic hydroxyl groups is 1. The summed E-state index contributed by atoms with van der Waals surface area (Å²) in [7, 11) is -3.82. The number of hydrogen-bond acceptors (Lipinski definition) is 4. The van der Waals surface area contributed by atoms with Crippen LogP contribution in [0.4, 0.5) is 5.82 Å². The molecule has 0 bridgehead atoms. The Balaban J connectivity index is 2.32. The summed E-state index contributed by atoms with van der Waals surface area (Å²) in [5.41, 5.74) is 0.519. The summed E-state index contributed by atoms with van der Waals surface area (Å²) in [5, 5.41) is 8.67. The predicted molar refractivity (Wildman–Crippen MR) is 80.5 cm³/mol. The van der Waals surface area contributed by atoms with E-state index >= 15 is 0 Å². The molecule has 1 aromatic carbocycles. The van der Waals surface area contributed by atoms with Crippen molar-refractivity contribution in [3.63, 3.8) is 0 Å². The molecule has 0 saturated heterocycles. The number of nitrogens with zero attached hydrogens (tertiary/aromatic N) is 1. The molecule has 108 valence electrons. The van der Waals surface area contributed by atoms with Gasteiger partial charge in [0.2, 0.25) is 0 Å². The third kappa shape index (κ3) is 3.95. The molecule has 0 aliphatic carbocycles. The normalized spacial score (nSPS) is 10.6. The zero-order valence-electron chi connectivity index (χ0n) is 10.7. The van der Waals surface area contributed by atoms with Crippen LogP contribution in [-0.4, -0.2) is 25.1 Å². The Morgan fingerprint density at radius 2 is 2.10 bits per heavy atom. The first-order valence-corrected chi connectivity index (χ1v) is 7.72. The fourth-order valence-electron chi connectivity index (χ4n) is 1.55. The van der Waals surface area contributed by atoms with Crippen LogP contribution in [0.25, 0.3) is 0 Å². The van der Waals surface area contributed by atoms with Crippen LogP contribution in [0, 0.1) is 11.8 Å². The van der Waals surface area contributed by atoms with Crippen LogP contribution in [0.3, 0.4) is 0 Å². The smallest absolute Gasteiger partial charge is 0.264 e. The molecular formula is C14H11ClN2O3S. The average molecular weight is 323 g/mol. The van der Waals surface area contributed by atoms with Gasteiger partial charge in [0, 0.05) is 11.8 Å². The highest BCUT2D eigenvalue weighted by Gasteiger charge is 2.18. The first-order chi connectivity index (χ1) is 10.0. The fourth-order valence-corrected chi connectivity index (χ4v) is 3.11. The van der Waals surface area contributed by atoms with Gasteiger partial charge in [0.25, 0.3) is 10.0 Å². The molecule has 0 atom stereocenters. The molecule has 0 unspecified atom stereocenters. The van der Waals surface area contributed by atoms with E-state index in [9.17, 15) is 8.42 Å². The minimum atomic E-state index is -3.82. The van der Waals surface area contributed by atoms with Crippen LogP contribution in [0.5, 0.6) is 0 Å². The quantitative estimate of drug-likeness (QED) is 0.846. The van der Waals surface area contributed by atoms with Crippen LogP contribution in [0.15, 0.2) is 47.5 Å². The summed E-state index contributed by atoms with van der Waals surface area (Å²) in [4.78, 5) is 3.83. The van der Waals surface area contributed by atoms with Crippen LogP contribution in [-0.2, 0) is 10.0 Å². The third-order valence-corrected chi connectivity index (χ3v) is 4.27. The Bertz CT molecular complexity index is 796. The van der Waals surface area contributed by atoms with E-state index in [1.54, 1.807) is 12.1 Å². The molecule has 0 saturated carbocycles. The van der Waals surface area contributed by atoms with Gasteiger partial charge in [-0.15, -0.1) is 0 Å². The summed E-state index contributed by atoms with van der Waals surface area (Å²) in [6.07, 6.45) is 1.48. The number of pyridine rings is 1. The summed E-state index contributed by atoms with van der Waals surface area (Å²) in [6.45, 7) is -0.279. The van der Waals surface area contributed by atoms with Crippen molar-refractivity contribution in [3.8, 4) is 11.8 Å². The van der Waals surface area contributed by atoms with Crippen LogP contribution in [0.1, 0.15) is 5.56 Å². The number of nitrogens with one attached hydrogen (secondary N) is 1. The van der Waals surface area contributed by atoms with Gasteiger partial charge < -0.3 is 5.11 Å². The van der Waals surface area contributed by atoms with Gasteiger partial charge in [-0.25, -0.2) is 13.4 Å². The van der Waals surface area contributed by atoms with E-state index < -0.39 is 10.0 Å². The van der Waals surface area contributed by atoms with Gasteiger partial charge in [-0.05, 0) is 30.3 Å². The topological polar surface area (TPSA) is 79.3 Å². The summed E-state index contributed by atoms with van der Waals surface area (Å²) >= 11 is 5.99. The number of rotatable bonds is 3. The second-order valence-electron chi connectivity index (χ2n) is 3.93. The molecule has 1 aromatic heterocycles. The minimum absolute atomic E-state index is 0.0446. The molecule has 2 N–H and O–H groups in total. The van der Waals surface area contributed by atoms with E-state index in [-0.39, 0.29) is 22.3 Å². The molecule has 7 heteroatoms. The molecule has 0 fully saturated rings. The number of benzene rings is 1. The van der Waals surface area contributed by atoms with Gasteiger partial charge in [-0.3, -0.25) is 4.72 Å². The number of aliphatic hydroxyl groups excluding tert-OH is 1. The van der Waals surface area contributed by atoms with E-state index in [4.69, 9.17) is 16.7 Å². The Labute approximate surface area is 127 Å². The van der Waals surface area contributed by atoms with Crippen molar-refractivity contribution in [2.24, 2.45) is 0 Å². The van der Waals surface area contributed by atoms with Gasteiger partial charge in [0.1, 0.15) is 17.3 Å². The zero-order chi connectivity index (χ0) is 15.3. The van der Waals surface area contributed by atoms with Crippen molar-refractivity contribution in [2.75, 3.05) is 11.3 Å². The van der Waals surface area contributed by atoms with Crippen molar-refractivity contribution in [1.82, 2.24) is 4.98 Å². The Hall–Kier alpha value is -2.07. The Morgan fingerprint density at radius 1 is 1.29 bits per heavy atom. The number of anilines is 1. The maximum absolute atomic E-state index is 12.2. The Kier molecular flexibility index (Phi) is 4.81. The molecule has 0 spiro atoms. The summed E-state index contributed by atoms with van der Waals surface area (Å²) in [5.74, 6) is 5.32. The molecular weight excluding hydrogens is 312 g/mol. The van der Waals surface area contributed by atoms with Crippen molar-refractivity contribution in [2.45, 2.75) is 4.90 Å². The van der Waals surface area contributed by atoms with Crippen molar-refractivity contribution >= 4 is 27.4 Å².